The van der Waals surface area contributed by atoms with Crippen LogP contribution < -0.4 is 5.32 Å². The fourth-order valence-electron chi connectivity index (χ4n) is 2.03. The lowest BCUT2D eigenvalue weighted by Gasteiger charge is -2.42. The van der Waals surface area contributed by atoms with Gasteiger partial charge in [0.25, 0.3) is 0 Å². The summed E-state index contributed by atoms with van der Waals surface area (Å²) in [5, 5.41) is 3.43. The molecule has 0 aromatic carbocycles. The maximum Gasteiger partial charge on any atom is 0.307 e. The molecular weight excluding hydrogens is 206 g/mol. The van der Waals surface area contributed by atoms with Crippen LogP contribution >= 0.6 is 0 Å². The molecule has 2 rings (SSSR count). The smallest absolute Gasteiger partial charge is 0.307 e. The molecule has 0 spiro atoms. The van der Waals surface area contributed by atoms with Crippen LogP contribution in [0.4, 0.5) is 0 Å². The predicted molar refractivity (Wildman–Crippen MR) is 58.6 cm³/mol. The molecular formula is C11H17N3O2. The second-order valence-electron chi connectivity index (χ2n) is 4.32. The van der Waals surface area contributed by atoms with Crippen molar-refractivity contribution in [2.75, 3.05) is 7.11 Å². The van der Waals surface area contributed by atoms with Gasteiger partial charge >= 0.3 is 5.97 Å². The van der Waals surface area contributed by atoms with Crippen molar-refractivity contribution in [2.24, 2.45) is 0 Å². The minimum atomic E-state index is -0.142. The lowest BCUT2D eigenvalue weighted by Crippen LogP contribution is -2.52. The Morgan fingerprint density at radius 3 is 3.00 bits per heavy atom. The Morgan fingerprint density at radius 2 is 2.50 bits per heavy atom. The highest BCUT2D eigenvalue weighted by Crippen LogP contribution is 2.35. The van der Waals surface area contributed by atoms with Crippen molar-refractivity contribution in [2.45, 2.75) is 37.8 Å². The Balaban J connectivity index is 1.87. The first kappa shape index (κ1) is 11.1. The average molecular weight is 223 g/mol. The average Bonchev–Trinajstić information content (AvgIpc) is 2.74. The number of rotatable bonds is 5. The molecule has 0 saturated heterocycles. The highest BCUT2D eigenvalue weighted by Gasteiger charge is 2.38. The monoisotopic (exact) mass is 223 g/mol. The molecule has 88 valence electrons. The number of imidazole rings is 1. The van der Waals surface area contributed by atoms with E-state index in [0.717, 1.165) is 25.1 Å². The third-order valence-corrected chi connectivity index (χ3v) is 3.23. The molecule has 0 aliphatic heterocycles. The molecule has 1 fully saturated rings. The van der Waals surface area contributed by atoms with Gasteiger partial charge in [-0.25, -0.2) is 4.98 Å². The van der Waals surface area contributed by atoms with Crippen LogP contribution in [-0.4, -0.2) is 28.6 Å². The van der Waals surface area contributed by atoms with E-state index in [2.05, 4.69) is 15.3 Å². The van der Waals surface area contributed by atoms with Crippen LogP contribution in [0.5, 0.6) is 0 Å². The number of carbonyl (C=O) groups excluding carboxylic acids is 1. The molecule has 5 nitrogen and oxygen atoms in total. The Morgan fingerprint density at radius 1 is 1.69 bits per heavy atom. The van der Waals surface area contributed by atoms with E-state index in [1.54, 1.807) is 12.5 Å². The van der Waals surface area contributed by atoms with Gasteiger partial charge in [0.15, 0.2) is 0 Å². The standard InChI is InChI=1S/C11H17N3O2/c1-16-10(15)5-11(3-2-4-11)14-7-9-6-12-8-13-9/h6,8,14H,2-5,7H2,1H3,(H,12,13). The highest BCUT2D eigenvalue weighted by atomic mass is 16.5. The molecule has 0 bridgehead atoms. The van der Waals surface area contributed by atoms with E-state index in [1.807, 2.05) is 0 Å². The van der Waals surface area contributed by atoms with Crippen molar-refractivity contribution in [3.63, 3.8) is 0 Å². The summed E-state index contributed by atoms with van der Waals surface area (Å²) >= 11 is 0. The van der Waals surface area contributed by atoms with Crippen LogP contribution in [-0.2, 0) is 16.1 Å². The van der Waals surface area contributed by atoms with Crippen molar-refractivity contribution in [3.05, 3.63) is 18.2 Å². The number of nitrogens with zero attached hydrogens (tertiary/aromatic N) is 1. The summed E-state index contributed by atoms with van der Waals surface area (Å²) in [6.07, 6.45) is 7.15. The number of hydrogen-bond donors (Lipinski definition) is 2. The summed E-state index contributed by atoms with van der Waals surface area (Å²) in [7, 11) is 1.43. The largest absolute Gasteiger partial charge is 0.469 e. The molecule has 16 heavy (non-hydrogen) atoms. The molecule has 0 atom stereocenters. The molecule has 1 heterocycles. The van der Waals surface area contributed by atoms with Gasteiger partial charge in [-0.1, -0.05) is 0 Å². The zero-order chi connectivity index (χ0) is 11.4. The number of H-pyrrole nitrogens is 1. The first-order chi connectivity index (χ1) is 7.74. The Bertz CT molecular complexity index is 344. The van der Waals surface area contributed by atoms with Crippen LogP contribution in [0.2, 0.25) is 0 Å². The molecule has 1 aliphatic rings. The molecule has 5 heteroatoms. The number of hydrogen-bond acceptors (Lipinski definition) is 4. The Hall–Kier alpha value is -1.36. The summed E-state index contributed by atoms with van der Waals surface area (Å²) in [4.78, 5) is 18.3. The second kappa shape index (κ2) is 4.65. The topological polar surface area (TPSA) is 67.0 Å². The van der Waals surface area contributed by atoms with Gasteiger partial charge in [0, 0.05) is 24.0 Å². The molecule has 1 aromatic heterocycles. The van der Waals surface area contributed by atoms with Gasteiger partial charge in [-0.3, -0.25) is 4.79 Å². The van der Waals surface area contributed by atoms with E-state index in [1.165, 1.54) is 13.5 Å². The summed E-state index contributed by atoms with van der Waals surface area (Å²) < 4.78 is 4.72. The number of carbonyl (C=O) groups is 1. The molecule has 1 aromatic rings. The zero-order valence-electron chi connectivity index (χ0n) is 9.45. The quantitative estimate of drug-likeness (QED) is 0.730. The molecule has 1 saturated carbocycles. The fourth-order valence-corrected chi connectivity index (χ4v) is 2.03. The number of nitrogens with one attached hydrogen (secondary N) is 2. The van der Waals surface area contributed by atoms with Crippen molar-refractivity contribution in [1.29, 1.82) is 0 Å². The normalized spacial score (nSPS) is 17.8. The predicted octanol–water partition coefficient (Wildman–Crippen LogP) is 0.985. The number of aromatic nitrogens is 2. The first-order valence-electron chi connectivity index (χ1n) is 5.53. The van der Waals surface area contributed by atoms with E-state index in [4.69, 9.17) is 4.74 Å². The van der Waals surface area contributed by atoms with Gasteiger partial charge in [0.1, 0.15) is 0 Å². The van der Waals surface area contributed by atoms with Crippen LogP contribution in [0.3, 0.4) is 0 Å². The van der Waals surface area contributed by atoms with E-state index in [0.29, 0.717) is 6.42 Å². The van der Waals surface area contributed by atoms with Gasteiger partial charge in [0.2, 0.25) is 0 Å². The Labute approximate surface area is 94.6 Å². The second-order valence-corrected chi connectivity index (χ2v) is 4.32. The lowest BCUT2D eigenvalue weighted by atomic mass is 9.74. The third-order valence-electron chi connectivity index (χ3n) is 3.23. The maximum atomic E-state index is 11.3. The van der Waals surface area contributed by atoms with Crippen molar-refractivity contribution in [3.8, 4) is 0 Å². The minimum absolute atomic E-state index is 0.0573. The third kappa shape index (κ3) is 2.41. The number of aromatic amines is 1. The van der Waals surface area contributed by atoms with Gasteiger partial charge in [0.05, 0.1) is 19.9 Å². The fraction of sp³-hybridized carbons (Fsp3) is 0.636. The summed E-state index contributed by atoms with van der Waals surface area (Å²) in [5.41, 5.74) is 0.981. The van der Waals surface area contributed by atoms with Crippen LogP contribution in [0.25, 0.3) is 0 Å². The van der Waals surface area contributed by atoms with Crippen molar-refractivity contribution in [1.82, 2.24) is 15.3 Å². The van der Waals surface area contributed by atoms with Crippen LogP contribution in [0.15, 0.2) is 12.5 Å². The van der Waals surface area contributed by atoms with Gasteiger partial charge in [-0.05, 0) is 19.3 Å². The summed E-state index contributed by atoms with van der Waals surface area (Å²) in [6, 6.07) is 0. The molecule has 0 radical (unpaired) electrons. The van der Waals surface area contributed by atoms with E-state index >= 15 is 0 Å². The number of esters is 1. The van der Waals surface area contributed by atoms with E-state index in [9.17, 15) is 4.79 Å². The maximum absolute atomic E-state index is 11.3. The number of methoxy groups -OCH3 is 1. The van der Waals surface area contributed by atoms with Crippen LogP contribution in [0.1, 0.15) is 31.4 Å². The number of ether oxygens (including phenoxy) is 1. The van der Waals surface area contributed by atoms with Gasteiger partial charge in [-0.2, -0.15) is 0 Å². The van der Waals surface area contributed by atoms with Gasteiger partial charge in [-0.15, -0.1) is 0 Å². The zero-order valence-corrected chi connectivity index (χ0v) is 9.45. The van der Waals surface area contributed by atoms with Gasteiger partial charge < -0.3 is 15.0 Å². The molecule has 0 amide bonds. The molecule has 0 unspecified atom stereocenters. The first-order valence-corrected chi connectivity index (χ1v) is 5.53. The highest BCUT2D eigenvalue weighted by molar-refractivity contribution is 5.71. The van der Waals surface area contributed by atoms with Crippen molar-refractivity contribution < 1.29 is 9.53 Å². The summed E-state index contributed by atoms with van der Waals surface area (Å²) in [6.45, 7) is 0.719. The lowest BCUT2D eigenvalue weighted by molar-refractivity contribution is -0.143. The minimum Gasteiger partial charge on any atom is -0.469 e. The molecule has 2 N–H and O–H groups in total. The SMILES string of the molecule is COC(=O)CC1(NCc2cnc[nH]2)CCC1. The Kier molecular flexibility index (Phi) is 3.24. The van der Waals surface area contributed by atoms with Crippen LogP contribution in [0, 0.1) is 0 Å². The van der Waals surface area contributed by atoms with E-state index < -0.39 is 0 Å². The van der Waals surface area contributed by atoms with Crippen molar-refractivity contribution >= 4 is 5.97 Å². The molecule has 1 aliphatic carbocycles. The van der Waals surface area contributed by atoms with E-state index in [-0.39, 0.29) is 11.5 Å². The summed E-state index contributed by atoms with van der Waals surface area (Å²) in [5.74, 6) is -0.142.